The van der Waals surface area contributed by atoms with Crippen molar-refractivity contribution in [2.75, 3.05) is 5.32 Å². The Morgan fingerprint density at radius 1 is 1.33 bits per heavy atom. The van der Waals surface area contributed by atoms with Gasteiger partial charge in [-0.15, -0.1) is 11.8 Å². The number of nitrogens with zero attached hydrogens (tertiary/aromatic N) is 2. The molecule has 0 spiro atoms. The van der Waals surface area contributed by atoms with E-state index >= 15 is 0 Å². The molecule has 2 aromatic rings. The molecule has 2 aromatic heterocycles. The predicted molar refractivity (Wildman–Crippen MR) is 97.4 cm³/mol. The van der Waals surface area contributed by atoms with Crippen molar-refractivity contribution in [1.82, 2.24) is 9.97 Å². The van der Waals surface area contributed by atoms with E-state index in [1.165, 1.54) is 43.4 Å². The zero-order chi connectivity index (χ0) is 16.8. The fourth-order valence-corrected chi connectivity index (χ4v) is 4.66. The van der Waals surface area contributed by atoms with Crippen molar-refractivity contribution in [2.24, 2.45) is 5.92 Å². The Morgan fingerprint density at radius 3 is 2.92 bits per heavy atom. The quantitative estimate of drug-likeness (QED) is 0.707. The predicted octanol–water partition coefficient (Wildman–Crippen LogP) is 4.89. The van der Waals surface area contributed by atoms with Crippen molar-refractivity contribution in [3.05, 3.63) is 24.0 Å². The maximum atomic E-state index is 12.1. The van der Waals surface area contributed by atoms with E-state index in [0.29, 0.717) is 23.2 Å². The van der Waals surface area contributed by atoms with Gasteiger partial charge in [0.2, 0.25) is 11.8 Å². The van der Waals surface area contributed by atoms with Gasteiger partial charge < -0.3 is 9.73 Å². The van der Waals surface area contributed by atoms with Gasteiger partial charge in [-0.25, -0.2) is 9.97 Å². The van der Waals surface area contributed by atoms with Gasteiger partial charge in [-0.2, -0.15) is 0 Å². The van der Waals surface area contributed by atoms with Crippen molar-refractivity contribution in [2.45, 2.75) is 61.8 Å². The first kappa shape index (κ1) is 17.5. The standard InChI is InChI=1S/C17H23N3O2S2/c1-2-13-9-18-15(22-13)11-23-16-10-19-17(24-16)20-14(21)8-12-6-4-3-5-7-12/h9-10,12H,2-8,11H2,1H3,(H,19,20,21). The number of hydrogen-bond acceptors (Lipinski definition) is 6. The third kappa shape index (κ3) is 5.08. The molecule has 3 rings (SSSR count). The molecule has 7 heteroatoms. The van der Waals surface area contributed by atoms with E-state index in [4.69, 9.17) is 4.42 Å². The average Bonchev–Trinajstić information content (AvgIpc) is 3.22. The van der Waals surface area contributed by atoms with E-state index in [1.807, 2.05) is 6.92 Å². The molecule has 1 fully saturated rings. The number of anilines is 1. The fraction of sp³-hybridized carbons (Fsp3) is 0.588. The molecule has 0 atom stereocenters. The zero-order valence-corrected chi connectivity index (χ0v) is 15.5. The average molecular weight is 366 g/mol. The normalized spacial score (nSPS) is 15.5. The summed E-state index contributed by atoms with van der Waals surface area (Å²) in [6, 6.07) is 0. The van der Waals surface area contributed by atoms with Crippen LogP contribution in [0.2, 0.25) is 0 Å². The van der Waals surface area contributed by atoms with E-state index in [-0.39, 0.29) is 5.91 Å². The fourth-order valence-electron chi connectivity index (χ4n) is 2.92. The van der Waals surface area contributed by atoms with Crippen molar-refractivity contribution in [3.8, 4) is 0 Å². The van der Waals surface area contributed by atoms with E-state index in [1.54, 1.807) is 24.2 Å². The number of rotatable bonds is 7. The van der Waals surface area contributed by atoms with Gasteiger partial charge in [0.15, 0.2) is 5.13 Å². The van der Waals surface area contributed by atoms with Gasteiger partial charge in [0, 0.05) is 12.8 Å². The molecule has 0 bridgehead atoms. The molecule has 0 aliphatic heterocycles. The van der Waals surface area contributed by atoms with E-state index in [2.05, 4.69) is 15.3 Å². The first-order chi connectivity index (χ1) is 11.7. The highest BCUT2D eigenvalue weighted by Gasteiger charge is 2.17. The number of carbonyl (C=O) groups excluding carboxylic acids is 1. The topological polar surface area (TPSA) is 68.0 Å². The lowest BCUT2D eigenvalue weighted by molar-refractivity contribution is -0.117. The lowest BCUT2D eigenvalue weighted by Gasteiger charge is -2.20. The second-order valence-electron chi connectivity index (χ2n) is 6.10. The highest BCUT2D eigenvalue weighted by atomic mass is 32.2. The number of carbonyl (C=O) groups is 1. The molecule has 1 aliphatic carbocycles. The van der Waals surface area contributed by atoms with Crippen LogP contribution >= 0.6 is 23.1 Å². The number of thioether (sulfide) groups is 1. The SMILES string of the molecule is CCc1cnc(CSc2cnc(NC(=O)CC3CCCCC3)s2)o1. The van der Waals surface area contributed by atoms with E-state index in [0.717, 1.165) is 22.3 Å². The van der Waals surface area contributed by atoms with Crippen LogP contribution in [0.4, 0.5) is 5.13 Å². The molecule has 1 amide bonds. The summed E-state index contributed by atoms with van der Waals surface area (Å²) in [6.45, 7) is 2.04. The Bertz CT molecular complexity index is 662. The van der Waals surface area contributed by atoms with Crippen LogP contribution in [0.1, 0.15) is 57.1 Å². The van der Waals surface area contributed by atoms with Crippen molar-refractivity contribution in [1.29, 1.82) is 0 Å². The molecule has 0 saturated heterocycles. The summed E-state index contributed by atoms with van der Waals surface area (Å²) in [6.07, 6.45) is 11.3. The van der Waals surface area contributed by atoms with Gasteiger partial charge in [0.05, 0.1) is 22.4 Å². The van der Waals surface area contributed by atoms with Gasteiger partial charge in [-0.05, 0) is 18.8 Å². The molecule has 24 heavy (non-hydrogen) atoms. The Labute approximate surface area is 150 Å². The lowest BCUT2D eigenvalue weighted by Crippen LogP contribution is -2.18. The summed E-state index contributed by atoms with van der Waals surface area (Å²) < 4.78 is 6.65. The van der Waals surface area contributed by atoms with Crippen molar-refractivity contribution < 1.29 is 9.21 Å². The third-order valence-electron chi connectivity index (χ3n) is 4.22. The summed E-state index contributed by atoms with van der Waals surface area (Å²) in [5, 5.41) is 3.62. The second kappa shape index (κ2) is 8.67. The van der Waals surface area contributed by atoms with Crippen molar-refractivity contribution in [3.63, 3.8) is 0 Å². The minimum atomic E-state index is 0.0908. The Morgan fingerprint density at radius 2 is 2.17 bits per heavy atom. The van der Waals surface area contributed by atoms with Crippen LogP contribution in [-0.4, -0.2) is 15.9 Å². The van der Waals surface area contributed by atoms with E-state index < -0.39 is 0 Å². The van der Waals surface area contributed by atoms with Crippen LogP contribution in [0.5, 0.6) is 0 Å². The molecule has 1 saturated carbocycles. The molecular weight excluding hydrogens is 342 g/mol. The zero-order valence-electron chi connectivity index (χ0n) is 13.9. The van der Waals surface area contributed by atoms with E-state index in [9.17, 15) is 4.79 Å². The number of oxazole rings is 1. The molecule has 0 unspecified atom stereocenters. The molecule has 130 valence electrons. The maximum Gasteiger partial charge on any atom is 0.226 e. The van der Waals surface area contributed by atoms with Gasteiger partial charge in [-0.3, -0.25) is 4.79 Å². The first-order valence-corrected chi connectivity index (χ1v) is 10.3. The molecule has 5 nitrogen and oxygen atoms in total. The van der Waals surface area contributed by atoms with Crippen LogP contribution in [0.15, 0.2) is 21.0 Å². The summed E-state index contributed by atoms with van der Waals surface area (Å²) in [5.74, 6) is 2.95. The summed E-state index contributed by atoms with van der Waals surface area (Å²) in [4.78, 5) is 20.7. The number of thiazole rings is 1. The minimum absolute atomic E-state index is 0.0908. The number of amides is 1. The van der Waals surface area contributed by atoms with Crippen LogP contribution < -0.4 is 5.32 Å². The Balaban J connectivity index is 1.45. The molecular formula is C17H23N3O2S2. The number of aromatic nitrogens is 2. The molecule has 0 radical (unpaired) electrons. The van der Waals surface area contributed by atoms with Crippen LogP contribution in [0.3, 0.4) is 0 Å². The summed E-state index contributed by atoms with van der Waals surface area (Å²) in [7, 11) is 0. The monoisotopic (exact) mass is 365 g/mol. The highest BCUT2D eigenvalue weighted by Crippen LogP contribution is 2.31. The van der Waals surface area contributed by atoms with Crippen molar-refractivity contribution >= 4 is 34.1 Å². The summed E-state index contributed by atoms with van der Waals surface area (Å²) in [5.41, 5.74) is 0. The van der Waals surface area contributed by atoms with Gasteiger partial charge in [-0.1, -0.05) is 37.5 Å². The summed E-state index contributed by atoms with van der Waals surface area (Å²) >= 11 is 3.13. The smallest absolute Gasteiger partial charge is 0.226 e. The molecule has 1 aliphatic rings. The van der Waals surface area contributed by atoms with Gasteiger partial charge >= 0.3 is 0 Å². The first-order valence-electron chi connectivity index (χ1n) is 8.55. The Hall–Kier alpha value is -1.34. The molecule has 1 N–H and O–H groups in total. The maximum absolute atomic E-state index is 12.1. The number of hydrogen-bond donors (Lipinski definition) is 1. The van der Waals surface area contributed by atoms with Gasteiger partial charge in [0.1, 0.15) is 5.76 Å². The van der Waals surface area contributed by atoms with Crippen LogP contribution in [0, 0.1) is 5.92 Å². The molecule has 0 aromatic carbocycles. The number of nitrogens with one attached hydrogen (secondary N) is 1. The molecule has 2 heterocycles. The number of aryl methyl sites for hydroxylation is 1. The second-order valence-corrected chi connectivity index (χ2v) is 8.41. The van der Waals surface area contributed by atoms with Gasteiger partial charge in [0.25, 0.3) is 0 Å². The lowest BCUT2D eigenvalue weighted by atomic mass is 9.87. The third-order valence-corrected chi connectivity index (χ3v) is 6.31. The van der Waals surface area contributed by atoms with Crippen LogP contribution in [0.25, 0.3) is 0 Å². The largest absolute Gasteiger partial charge is 0.445 e. The highest BCUT2D eigenvalue weighted by molar-refractivity contribution is 8.00. The van der Waals surface area contributed by atoms with Crippen LogP contribution in [-0.2, 0) is 17.0 Å². The Kier molecular flexibility index (Phi) is 6.31. The minimum Gasteiger partial charge on any atom is -0.445 e.